The van der Waals surface area contributed by atoms with Crippen LogP contribution in [0.5, 0.6) is 5.75 Å². The van der Waals surface area contributed by atoms with Gasteiger partial charge in [0.15, 0.2) is 0 Å². The van der Waals surface area contributed by atoms with Gasteiger partial charge < -0.3 is 9.64 Å². The fourth-order valence-corrected chi connectivity index (χ4v) is 9.62. The van der Waals surface area contributed by atoms with E-state index in [9.17, 15) is 0 Å². The van der Waals surface area contributed by atoms with E-state index in [4.69, 9.17) is 4.74 Å². The normalized spacial score (nSPS) is 14.6. The van der Waals surface area contributed by atoms with Crippen molar-refractivity contribution < 1.29 is 4.74 Å². The number of anilines is 3. The molecule has 1 unspecified atom stereocenters. The van der Waals surface area contributed by atoms with Crippen molar-refractivity contribution in [3.05, 3.63) is 229 Å². The fourth-order valence-electron chi connectivity index (χ4n) is 9.62. The highest BCUT2D eigenvalue weighted by Crippen LogP contribution is 2.64. The van der Waals surface area contributed by atoms with Crippen LogP contribution in [0.3, 0.4) is 0 Å². The van der Waals surface area contributed by atoms with E-state index < -0.39 is 5.41 Å². The first kappa shape index (κ1) is 32.3. The quantitative estimate of drug-likeness (QED) is 0.170. The third-order valence-corrected chi connectivity index (χ3v) is 12.0. The maximum Gasteiger partial charge on any atom is 0.119 e. The first-order valence-electron chi connectivity index (χ1n) is 19.3. The summed E-state index contributed by atoms with van der Waals surface area (Å²) in [5.74, 6) is 0.875. The van der Waals surface area contributed by atoms with Crippen LogP contribution in [0.2, 0.25) is 0 Å². The van der Waals surface area contributed by atoms with Gasteiger partial charge in [0, 0.05) is 17.1 Å². The molecular formula is C54H37NO. The van der Waals surface area contributed by atoms with Gasteiger partial charge in [-0.25, -0.2) is 0 Å². The molecule has 0 bridgehead atoms. The van der Waals surface area contributed by atoms with E-state index in [2.05, 4.69) is 211 Å². The van der Waals surface area contributed by atoms with Crippen LogP contribution in [0.25, 0.3) is 55.3 Å². The number of ether oxygens (including phenoxy) is 1. The number of methoxy groups -OCH3 is 1. The van der Waals surface area contributed by atoms with E-state index in [-0.39, 0.29) is 0 Å². The minimum Gasteiger partial charge on any atom is -0.497 e. The lowest BCUT2D eigenvalue weighted by atomic mass is 9.70. The molecule has 0 saturated carbocycles. The summed E-state index contributed by atoms with van der Waals surface area (Å²) in [6, 6.07) is 75.4. The SMILES string of the molecule is COc1ccc2c(c1)-c1ccccc1C21c2ccccc2-c2c(-c3ccccc3-c3ccc(N(c4ccccc4)c4ccc5ccccc5c4)cc3)cccc21. The third-order valence-electron chi connectivity index (χ3n) is 12.0. The second kappa shape index (κ2) is 12.7. The maximum absolute atomic E-state index is 5.75. The molecule has 0 saturated heterocycles. The smallest absolute Gasteiger partial charge is 0.119 e. The standard InChI is InChI=1S/C54H37NO/c1-56-42-32-33-51-48(35-42)45-20-9-11-23-49(45)54(51)50-24-12-10-21-47(50)53-46(22-13-25-52(53)54)44-19-8-7-18-43(44)37-27-29-40(30-28-37)55(39-16-3-2-4-17-39)41-31-26-36-14-5-6-15-38(36)34-41/h2-35H,1H3. The minimum absolute atomic E-state index is 0.430. The van der Waals surface area contributed by atoms with Gasteiger partial charge in [0.1, 0.15) is 5.75 Å². The highest BCUT2D eigenvalue weighted by atomic mass is 16.5. The highest BCUT2D eigenvalue weighted by molar-refractivity contribution is 6.02. The Morgan fingerprint density at radius 1 is 0.357 bits per heavy atom. The zero-order valence-corrected chi connectivity index (χ0v) is 31.0. The summed E-state index contributed by atoms with van der Waals surface area (Å²) in [7, 11) is 1.75. The third kappa shape index (κ3) is 4.69. The predicted molar refractivity (Wildman–Crippen MR) is 232 cm³/mol. The van der Waals surface area contributed by atoms with E-state index in [1.165, 1.54) is 77.5 Å². The van der Waals surface area contributed by atoms with Gasteiger partial charge in [-0.15, -0.1) is 0 Å². The summed E-state index contributed by atoms with van der Waals surface area (Å²) in [6.45, 7) is 0. The maximum atomic E-state index is 5.75. The van der Waals surface area contributed by atoms with Gasteiger partial charge in [0.05, 0.1) is 12.5 Å². The molecule has 9 aromatic rings. The van der Waals surface area contributed by atoms with Gasteiger partial charge in [-0.3, -0.25) is 0 Å². The van der Waals surface area contributed by atoms with Gasteiger partial charge in [0.2, 0.25) is 0 Å². The summed E-state index contributed by atoms with van der Waals surface area (Å²) in [5, 5.41) is 2.46. The van der Waals surface area contributed by atoms with Crippen molar-refractivity contribution in [2.45, 2.75) is 5.41 Å². The van der Waals surface area contributed by atoms with Crippen molar-refractivity contribution in [3.8, 4) is 50.3 Å². The molecular weight excluding hydrogens is 679 g/mol. The summed E-state index contributed by atoms with van der Waals surface area (Å²) in [5.41, 5.74) is 18.2. The van der Waals surface area contributed by atoms with Crippen molar-refractivity contribution in [3.63, 3.8) is 0 Å². The van der Waals surface area contributed by atoms with Crippen molar-refractivity contribution in [2.24, 2.45) is 0 Å². The molecule has 0 fully saturated rings. The molecule has 0 N–H and O–H groups in total. The molecule has 2 heteroatoms. The molecule has 11 rings (SSSR count). The second-order valence-corrected chi connectivity index (χ2v) is 14.8. The molecule has 2 aliphatic carbocycles. The lowest BCUT2D eigenvalue weighted by Crippen LogP contribution is -2.25. The Bertz CT molecular complexity index is 2960. The van der Waals surface area contributed by atoms with E-state index in [0.29, 0.717) is 0 Å². The van der Waals surface area contributed by atoms with Crippen molar-refractivity contribution in [1.82, 2.24) is 0 Å². The Kier molecular flexibility index (Phi) is 7.33. The molecule has 0 aromatic heterocycles. The molecule has 2 aliphatic rings. The molecule has 0 heterocycles. The van der Waals surface area contributed by atoms with Crippen molar-refractivity contribution >= 4 is 27.8 Å². The molecule has 0 radical (unpaired) electrons. The van der Waals surface area contributed by atoms with Crippen LogP contribution < -0.4 is 9.64 Å². The fraction of sp³-hybridized carbons (Fsp3) is 0.0370. The molecule has 0 aliphatic heterocycles. The van der Waals surface area contributed by atoms with Crippen LogP contribution in [0.15, 0.2) is 206 Å². The zero-order chi connectivity index (χ0) is 37.2. The van der Waals surface area contributed by atoms with Gasteiger partial charge in [-0.05, 0) is 126 Å². The second-order valence-electron chi connectivity index (χ2n) is 14.8. The average molecular weight is 716 g/mol. The highest BCUT2D eigenvalue weighted by Gasteiger charge is 2.52. The topological polar surface area (TPSA) is 12.5 Å². The number of hydrogen-bond acceptors (Lipinski definition) is 2. The van der Waals surface area contributed by atoms with Gasteiger partial charge in [0.25, 0.3) is 0 Å². The number of rotatable bonds is 6. The number of nitrogens with zero attached hydrogens (tertiary/aromatic N) is 1. The van der Waals surface area contributed by atoms with E-state index >= 15 is 0 Å². The predicted octanol–water partition coefficient (Wildman–Crippen LogP) is 14.0. The van der Waals surface area contributed by atoms with E-state index in [1.807, 2.05) is 0 Å². The van der Waals surface area contributed by atoms with E-state index in [0.717, 1.165) is 22.8 Å². The van der Waals surface area contributed by atoms with Gasteiger partial charge >= 0.3 is 0 Å². The van der Waals surface area contributed by atoms with Crippen LogP contribution >= 0.6 is 0 Å². The molecule has 1 atom stereocenters. The lowest BCUT2D eigenvalue weighted by Gasteiger charge is -2.30. The van der Waals surface area contributed by atoms with Crippen molar-refractivity contribution in [2.75, 3.05) is 12.0 Å². The molecule has 9 aromatic carbocycles. The number of hydrogen-bond donors (Lipinski definition) is 0. The van der Waals surface area contributed by atoms with Crippen LogP contribution in [-0.2, 0) is 5.41 Å². The summed E-state index contributed by atoms with van der Waals surface area (Å²) in [6.07, 6.45) is 0. The molecule has 264 valence electrons. The summed E-state index contributed by atoms with van der Waals surface area (Å²) in [4.78, 5) is 2.34. The Labute approximate surface area is 327 Å². The molecule has 56 heavy (non-hydrogen) atoms. The molecule has 2 nitrogen and oxygen atoms in total. The van der Waals surface area contributed by atoms with Crippen LogP contribution in [0, 0.1) is 0 Å². The van der Waals surface area contributed by atoms with Gasteiger partial charge in [-0.1, -0.05) is 158 Å². The monoisotopic (exact) mass is 715 g/mol. The van der Waals surface area contributed by atoms with Crippen LogP contribution in [0.4, 0.5) is 17.1 Å². The number of benzene rings is 9. The first-order chi connectivity index (χ1) is 27.7. The van der Waals surface area contributed by atoms with Crippen LogP contribution in [0.1, 0.15) is 22.3 Å². The molecule has 0 amide bonds. The van der Waals surface area contributed by atoms with Crippen molar-refractivity contribution in [1.29, 1.82) is 0 Å². The largest absolute Gasteiger partial charge is 0.497 e. The zero-order valence-electron chi connectivity index (χ0n) is 31.0. The molecule has 1 spiro atoms. The Morgan fingerprint density at radius 2 is 0.929 bits per heavy atom. The lowest BCUT2D eigenvalue weighted by molar-refractivity contribution is 0.415. The average Bonchev–Trinajstić information content (AvgIpc) is 3.74. The number of para-hydroxylation sites is 1. The van der Waals surface area contributed by atoms with E-state index in [1.54, 1.807) is 7.11 Å². The van der Waals surface area contributed by atoms with Crippen LogP contribution in [-0.4, -0.2) is 7.11 Å². The Hall–Kier alpha value is -7.16. The number of fused-ring (bicyclic) bond motifs is 11. The summed E-state index contributed by atoms with van der Waals surface area (Å²) >= 11 is 0. The Balaban J connectivity index is 1.07. The minimum atomic E-state index is -0.430. The Morgan fingerprint density at radius 3 is 1.71 bits per heavy atom. The first-order valence-corrected chi connectivity index (χ1v) is 19.3. The van der Waals surface area contributed by atoms with Gasteiger partial charge in [-0.2, -0.15) is 0 Å². The summed E-state index contributed by atoms with van der Waals surface area (Å²) < 4.78 is 5.75.